The Balaban J connectivity index is 1.79. The summed E-state index contributed by atoms with van der Waals surface area (Å²) in [7, 11) is 0. The highest BCUT2D eigenvalue weighted by molar-refractivity contribution is 5.88. The molecule has 8 nitrogen and oxygen atoms in total. The van der Waals surface area contributed by atoms with E-state index in [0.717, 1.165) is 5.56 Å². The lowest BCUT2D eigenvalue weighted by Gasteiger charge is -2.40. The molecule has 1 aromatic carbocycles. The molecule has 0 saturated carbocycles. The zero-order chi connectivity index (χ0) is 18.5. The number of aryl methyl sites for hydroxylation is 1. The first kappa shape index (κ1) is 17.9. The summed E-state index contributed by atoms with van der Waals surface area (Å²) in [5.41, 5.74) is 1.06. The quantitative estimate of drug-likeness (QED) is 0.872. The molecule has 1 fully saturated rings. The molecule has 1 unspecified atom stereocenters. The molecule has 0 spiro atoms. The molecule has 2 heterocycles. The molecule has 0 radical (unpaired) electrons. The van der Waals surface area contributed by atoms with Gasteiger partial charge in [0.2, 0.25) is 11.8 Å². The van der Waals surface area contributed by atoms with Gasteiger partial charge in [-0.2, -0.15) is 4.98 Å². The summed E-state index contributed by atoms with van der Waals surface area (Å²) in [6.45, 7) is 5.54. The van der Waals surface area contributed by atoms with Crippen molar-refractivity contribution in [2.24, 2.45) is 0 Å². The first-order valence-corrected chi connectivity index (χ1v) is 8.75. The van der Waals surface area contributed by atoms with Gasteiger partial charge in [-0.3, -0.25) is 4.79 Å². The van der Waals surface area contributed by atoms with Gasteiger partial charge in [0.05, 0.1) is 6.42 Å². The minimum Gasteiger partial charge on any atom is -0.339 e. The summed E-state index contributed by atoms with van der Waals surface area (Å²) in [5.74, 6) is 0.757. The number of urea groups is 1. The number of carbonyl (C=O) groups excluding carboxylic acids is 2. The van der Waals surface area contributed by atoms with E-state index in [9.17, 15) is 9.59 Å². The van der Waals surface area contributed by atoms with E-state index >= 15 is 0 Å². The lowest BCUT2D eigenvalue weighted by molar-refractivity contribution is -0.140. The fourth-order valence-electron chi connectivity index (χ4n) is 3.08. The van der Waals surface area contributed by atoms with Crippen LogP contribution in [-0.4, -0.2) is 57.6 Å². The number of nitrogens with zero attached hydrogens (tertiary/aromatic N) is 4. The van der Waals surface area contributed by atoms with E-state index in [-0.39, 0.29) is 18.4 Å². The van der Waals surface area contributed by atoms with Gasteiger partial charge in [-0.05, 0) is 19.4 Å². The molecule has 0 bridgehead atoms. The molecule has 1 atom stereocenters. The van der Waals surface area contributed by atoms with Crippen LogP contribution >= 0.6 is 0 Å². The highest BCUT2D eigenvalue weighted by atomic mass is 16.5. The molecule has 2 aromatic rings. The largest absolute Gasteiger partial charge is 0.339 e. The smallest absolute Gasteiger partial charge is 0.318 e. The van der Waals surface area contributed by atoms with E-state index < -0.39 is 6.04 Å². The van der Waals surface area contributed by atoms with E-state index in [4.69, 9.17) is 4.52 Å². The van der Waals surface area contributed by atoms with Gasteiger partial charge < -0.3 is 19.6 Å². The van der Waals surface area contributed by atoms with Crippen molar-refractivity contribution in [1.29, 1.82) is 0 Å². The molecule has 1 aromatic heterocycles. The van der Waals surface area contributed by atoms with Gasteiger partial charge in [-0.1, -0.05) is 35.5 Å². The molecule has 1 saturated heterocycles. The summed E-state index contributed by atoms with van der Waals surface area (Å²) >= 11 is 0. The number of aromatic nitrogens is 2. The third kappa shape index (κ3) is 4.01. The number of carbonyl (C=O) groups is 2. The molecule has 138 valence electrons. The number of benzene rings is 1. The fourth-order valence-corrected chi connectivity index (χ4v) is 3.08. The number of amides is 3. The van der Waals surface area contributed by atoms with Crippen LogP contribution < -0.4 is 5.32 Å². The Morgan fingerprint density at radius 3 is 2.73 bits per heavy atom. The number of piperazine rings is 1. The fraction of sp³-hybridized carbons (Fsp3) is 0.444. The predicted molar refractivity (Wildman–Crippen MR) is 94.2 cm³/mol. The van der Waals surface area contributed by atoms with Crippen LogP contribution in [0.5, 0.6) is 0 Å². The highest BCUT2D eigenvalue weighted by Gasteiger charge is 2.38. The summed E-state index contributed by atoms with van der Waals surface area (Å²) in [5, 5.41) is 6.54. The van der Waals surface area contributed by atoms with Crippen LogP contribution in [0, 0.1) is 6.92 Å². The zero-order valence-electron chi connectivity index (χ0n) is 15.0. The van der Waals surface area contributed by atoms with E-state index in [0.29, 0.717) is 37.9 Å². The van der Waals surface area contributed by atoms with E-state index in [1.54, 1.807) is 16.7 Å². The Bertz CT molecular complexity index is 761. The van der Waals surface area contributed by atoms with Gasteiger partial charge in [-0.15, -0.1) is 0 Å². The SMILES string of the molecule is CCNC(=O)N1CCN(Cc2ccccc2)C(=O)C1Cc1nc(C)no1. The van der Waals surface area contributed by atoms with Crippen LogP contribution in [0.2, 0.25) is 0 Å². The highest BCUT2D eigenvalue weighted by Crippen LogP contribution is 2.18. The van der Waals surface area contributed by atoms with Crippen molar-refractivity contribution >= 4 is 11.9 Å². The maximum atomic E-state index is 13.1. The van der Waals surface area contributed by atoms with Crippen molar-refractivity contribution in [2.75, 3.05) is 19.6 Å². The second kappa shape index (κ2) is 7.99. The molecule has 0 aliphatic carbocycles. The molecule has 1 aliphatic heterocycles. The average molecular weight is 357 g/mol. The van der Waals surface area contributed by atoms with Crippen molar-refractivity contribution in [3.05, 3.63) is 47.6 Å². The zero-order valence-corrected chi connectivity index (χ0v) is 15.0. The van der Waals surface area contributed by atoms with Crippen LogP contribution in [0.15, 0.2) is 34.9 Å². The number of hydrogen-bond acceptors (Lipinski definition) is 5. The third-order valence-corrected chi connectivity index (χ3v) is 4.33. The molecule has 8 heteroatoms. The number of hydrogen-bond donors (Lipinski definition) is 1. The summed E-state index contributed by atoms with van der Waals surface area (Å²) < 4.78 is 5.17. The minimum atomic E-state index is -0.654. The van der Waals surface area contributed by atoms with Crippen molar-refractivity contribution in [3.63, 3.8) is 0 Å². The lowest BCUT2D eigenvalue weighted by Crippen LogP contribution is -2.61. The number of rotatable bonds is 5. The van der Waals surface area contributed by atoms with Gasteiger partial charge in [0, 0.05) is 26.2 Å². The van der Waals surface area contributed by atoms with Crippen LogP contribution in [0.1, 0.15) is 24.2 Å². The predicted octanol–water partition coefficient (Wildman–Crippen LogP) is 1.36. The Morgan fingerprint density at radius 1 is 1.31 bits per heavy atom. The van der Waals surface area contributed by atoms with Gasteiger partial charge in [-0.25, -0.2) is 4.79 Å². The van der Waals surface area contributed by atoms with Gasteiger partial charge >= 0.3 is 6.03 Å². The maximum absolute atomic E-state index is 13.1. The monoisotopic (exact) mass is 357 g/mol. The van der Waals surface area contributed by atoms with Crippen LogP contribution in [-0.2, 0) is 17.8 Å². The van der Waals surface area contributed by atoms with E-state index in [2.05, 4.69) is 15.5 Å². The molecular formula is C18H23N5O3. The molecular weight excluding hydrogens is 334 g/mol. The van der Waals surface area contributed by atoms with Crippen molar-refractivity contribution in [1.82, 2.24) is 25.3 Å². The first-order valence-electron chi connectivity index (χ1n) is 8.75. The second-order valence-electron chi connectivity index (χ2n) is 6.23. The molecule has 26 heavy (non-hydrogen) atoms. The molecule has 1 aliphatic rings. The number of nitrogens with one attached hydrogen (secondary N) is 1. The van der Waals surface area contributed by atoms with Crippen LogP contribution in [0.4, 0.5) is 4.79 Å². The summed E-state index contributed by atoms with van der Waals surface area (Å²) in [6, 6.07) is 8.91. The standard InChI is InChI=1S/C18H23N5O3/c1-3-19-18(25)23-10-9-22(12-14-7-5-4-6-8-14)17(24)15(23)11-16-20-13(2)21-26-16/h4-8,15H,3,9-12H2,1-2H3,(H,19,25). The van der Waals surface area contributed by atoms with Gasteiger partial charge in [0.1, 0.15) is 6.04 Å². The van der Waals surface area contributed by atoms with Crippen molar-refractivity contribution in [3.8, 4) is 0 Å². The van der Waals surface area contributed by atoms with Crippen LogP contribution in [0.25, 0.3) is 0 Å². The second-order valence-corrected chi connectivity index (χ2v) is 6.23. The topological polar surface area (TPSA) is 91.6 Å². The molecule has 3 rings (SSSR count). The minimum absolute atomic E-state index is 0.109. The van der Waals surface area contributed by atoms with E-state index in [1.165, 1.54) is 0 Å². The first-order chi connectivity index (χ1) is 12.6. The summed E-state index contributed by atoms with van der Waals surface area (Å²) in [6.07, 6.45) is 0.210. The van der Waals surface area contributed by atoms with Crippen LogP contribution in [0.3, 0.4) is 0 Å². The maximum Gasteiger partial charge on any atom is 0.318 e. The average Bonchev–Trinajstić information content (AvgIpc) is 3.04. The van der Waals surface area contributed by atoms with Crippen molar-refractivity contribution in [2.45, 2.75) is 32.9 Å². The molecule has 1 N–H and O–H groups in total. The Morgan fingerprint density at radius 2 is 2.08 bits per heavy atom. The van der Waals surface area contributed by atoms with Gasteiger partial charge in [0.15, 0.2) is 5.82 Å². The Kier molecular flexibility index (Phi) is 5.50. The van der Waals surface area contributed by atoms with Crippen molar-refractivity contribution < 1.29 is 14.1 Å². The Hall–Kier alpha value is -2.90. The molecule has 3 amide bonds. The third-order valence-electron chi connectivity index (χ3n) is 4.33. The Labute approximate surface area is 152 Å². The van der Waals surface area contributed by atoms with Gasteiger partial charge in [0.25, 0.3) is 0 Å². The van der Waals surface area contributed by atoms with E-state index in [1.807, 2.05) is 37.3 Å². The lowest BCUT2D eigenvalue weighted by atomic mass is 10.1. The summed E-state index contributed by atoms with van der Waals surface area (Å²) in [4.78, 5) is 33.0. The normalized spacial score (nSPS) is 17.5.